The second kappa shape index (κ2) is 9.08. The Labute approximate surface area is 153 Å². The largest absolute Gasteiger partial charge is 0.349 e. The van der Waals surface area contributed by atoms with Crippen LogP contribution in [-0.2, 0) is 6.54 Å². The Bertz CT molecular complexity index is 740. The minimum absolute atomic E-state index is 0.137. The van der Waals surface area contributed by atoms with Gasteiger partial charge in [0.2, 0.25) is 0 Å². The van der Waals surface area contributed by atoms with Gasteiger partial charge in [0.1, 0.15) is 5.69 Å². The number of pyridine rings is 2. The minimum Gasteiger partial charge on any atom is -0.349 e. The summed E-state index contributed by atoms with van der Waals surface area (Å²) in [5.41, 5.74) is 1.67. The number of amides is 2. The molecule has 0 radical (unpaired) electrons. The number of carbonyl (C=O) groups excluding carboxylic acids is 2. The fraction of sp³-hybridized carbons (Fsp3) is 0.400. The standard InChI is InChI=1S/C20H24N4O2/c25-19(24-17-5-3-1-2-4-6-17)16-9-12-22-18(13-16)20(26)23-14-15-7-10-21-11-8-15/h7-13,17H,1-6,14H2,(H,23,26)(H,24,25). The highest BCUT2D eigenvalue weighted by molar-refractivity contribution is 5.98. The third-order valence-corrected chi connectivity index (χ3v) is 4.65. The van der Waals surface area contributed by atoms with Crippen molar-refractivity contribution in [2.24, 2.45) is 0 Å². The fourth-order valence-electron chi connectivity index (χ4n) is 3.16. The Hall–Kier alpha value is -2.76. The lowest BCUT2D eigenvalue weighted by Gasteiger charge is -2.16. The van der Waals surface area contributed by atoms with Crippen molar-refractivity contribution in [1.29, 1.82) is 0 Å². The van der Waals surface area contributed by atoms with Gasteiger partial charge < -0.3 is 10.6 Å². The van der Waals surface area contributed by atoms with E-state index in [1.807, 2.05) is 12.1 Å². The molecule has 26 heavy (non-hydrogen) atoms. The van der Waals surface area contributed by atoms with Crippen LogP contribution in [0, 0.1) is 0 Å². The van der Waals surface area contributed by atoms with Gasteiger partial charge in [-0.3, -0.25) is 19.6 Å². The first-order chi connectivity index (χ1) is 12.7. The van der Waals surface area contributed by atoms with Crippen molar-refractivity contribution in [3.63, 3.8) is 0 Å². The highest BCUT2D eigenvalue weighted by Crippen LogP contribution is 2.17. The van der Waals surface area contributed by atoms with Gasteiger partial charge in [-0.2, -0.15) is 0 Å². The highest BCUT2D eigenvalue weighted by Gasteiger charge is 2.17. The molecule has 6 heteroatoms. The SMILES string of the molecule is O=C(NC1CCCCCC1)c1ccnc(C(=O)NCc2ccncc2)c1. The first-order valence-corrected chi connectivity index (χ1v) is 9.16. The average molecular weight is 352 g/mol. The third-order valence-electron chi connectivity index (χ3n) is 4.65. The van der Waals surface area contributed by atoms with Gasteiger partial charge in [-0.05, 0) is 42.7 Å². The number of aromatic nitrogens is 2. The summed E-state index contributed by atoms with van der Waals surface area (Å²) in [6.45, 7) is 0.390. The zero-order valence-electron chi connectivity index (χ0n) is 14.8. The van der Waals surface area contributed by atoms with Crippen LogP contribution in [0.4, 0.5) is 0 Å². The predicted octanol–water partition coefficient (Wildman–Crippen LogP) is 2.86. The average Bonchev–Trinajstić information content (AvgIpc) is 2.95. The predicted molar refractivity (Wildman–Crippen MR) is 98.6 cm³/mol. The number of nitrogens with zero attached hydrogens (tertiary/aromatic N) is 2. The van der Waals surface area contributed by atoms with E-state index >= 15 is 0 Å². The summed E-state index contributed by atoms with van der Waals surface area (Å²) >= 11 is 0. The van der Waals surface area contributed by atoms with Crippen LogP contribution >= 0.6 is 0 Å². The quantitative estimate of drug-likeness (QED) is 0.811. The molecule has 2 N–H and O–H groups in total. The van der Waals surface area contributed by atoms with Gasteiger partial charge in [-0.15, -0.1) is 0 Å². The Morgan fingerprint density at radius 3 is 2.42 bits per heavy atom. The summed E-state index contributed by atoms with van der Waals surface area (Å²) in [4.78, 5) is 32.8. The monoisotopic (exact) mass is 352 g/mol. The minimum atomic E-state index is -0.300. The number of carbonyl (C=O) groups is 2. The maximum Gasteiger partial charge on any atom is 0.270 e. The zero-order valence-corrected chi connectivity index (χ0v) is 14.8. The van der Waals surface area contributed by atoms with Crippen molar-refractivity contribution >= 4 is 11.8 Å². The molecule has 2 heterocycles. The summed E-state index contributed by atoms with van der Waals surface area (Å²) in [5, 5.41) is 5.90. The molecule has 2 aromatic rings. The lowest BCUT2D eigenvalue weighted by molar-refractivity contribution is 0.0933. The molecule has 0 spiro atoms. The summed E-state index contributed by atoms with van der Waals surface area (Å²) in [6, 6.07) is 7.09. The number of nitrogens with one attached hydrogen (secondary N) is 2. The molecule has 0 unspecified atom stereocenters. The van der Waals surface area contributed by atoms with Gasteiger partial charge in [-0.1, -0.05) is 25.7 Å². The summed E-state index contributed by atoms with van der Waals surface area (Å²) in [5.74, 6) is -0.437. The molecule has 0 aromatic carbocycles. The van der Waals surface area contributed by atoms with E-state index in [4.69, 9.17) is 0 Å². The molecule has 0 aliphatic heterocycles. The van der Waals surface area contributed by atoms with Crippen molar-refractivity contribution in [2.45, 2.75) is 51.1 Å². The second-order valence-electron chi connectivity index (χ2n) is 6.63. The van der Waals surface area contributed by atoms with Gasteiger partial charge in [0.05, 0.1) is 0 Å². The molecule has 1 aliphatic rings. The number of hydrogen-bond acceptors (Lipinski definition) is 4. The molecule has 0 atom stereocenters. The van der Waals surface area contributed by atoms with Crippen LogP contribution in [0.5, 0.6) is 0 Å². The van der Waals surface area contributed by atoms with Crippen LogP contribution in [0.2, 0.25) is 0 Å². The molecule has 1 saturated carbocycles. The van der Waals surface area contributed by atoms with E-state index in [1.54, 1.807) is 24.5 Å². The van der Waals surface area contributed by atoms with E-state index < -0.39 is 0 Å². The molecule has 136 valence electrons. The van der Waals surface area contributed by atoms with E-state index in [-0.39, 0.29) is 23.6 Å². The van der Waals surface area contributed by atoms with Crippen LogP contribution in [0.15, 0.2) is 42.9 Å². The fourth-order valence-corrected chi connectivity index (χ4v) is 3.16. The van der Waals surface area contributed by atoms with Gasteiger partial charge >= 0.3 is 0 Å². The van der Waals surface area contributed by atoms with E-state index in [0.29, 0.717) is 12.1 Å². The van der Waals surface area contributed by atoms with E-state index in [1.165, 1.54) is 19.0 Å². The second-order valence-corrected chi connectivity index (χ2v) is 6.63. The Morgan fingerprint density at radius 1 is 0.962 bits per heavy atom. The van der Waals surface area contributed by atoms with Crippen molar-refractivity contribution < 1.29 is 9.59 Å². The number of rotatable bonds is 5. The maximum atomic E-state index is 12.5. The third kappa shape index (κ3) is 5.12. The molecule has 1 aliphatic carbocycles. The van der Waals surface area contributed by atoms with Gasteiger partial charge in [0.15, 0.2) is 0 Å². The van der Waals surface area contributed by atoms with Crippen LogP contribution in [-0.4, -0.2) is 27.8 Å². The Balaban J connectivity index is 1.59. The van der Waals surface area contributed by atoms with E-state index in [2.05, 4.69) is 20.6 Å². The van der Waals surface area contributed by atoms with Crippen LogP contribution in [0.1, 0.15) is 64.9 Å². The summed E-state index contributed by atoms with van der Waals surface area (Å²) in [7, 11) is 0. The van der Waals surface area contributed by atoms with Crippen molar-refractivity contribution in [3.8, 4) is 0 Å². The maximum absolute atomic E-state index is 12.5. The lowest BCUT2D eigenvalue weighted by Crippen LogP contribution is -2.34. The van der Waals surface area contributed by atoms with Gasteiger partial charge in [0, 0.05) is 36.7 Å². The topological polar surface area (TPSA) is 84.0 Å². The first kappa shape index (κ1) is 18.0. The van der Waals surface area contributed by atoms with Crippen molar-refractivity contribution in [3.05, 3.63) is 59.7 Å². The zero-order chi connectivity index (χ0) is 18.2. The van der Waals surface area contributed by atoms with Gasteiger partial charge in [-0.25, -0.2) is 0 Å². The number of hydrogen-bond donors (Lipinski definition) is 2. The Kier molecular flexibility index (Phi) is 6.30. The first-order valence-electron chi connectivity index (χ1n) is 9.16. The Morgan fingerprint density at radius 2 is 1.69 bits per heavy atom. The smallest absolute Gasteiger partial charge is 0.270 e. The lowest BCUT2D eigenvalue weighted by atomic mass is 10.1. The molecule has 2 aromatic heterocycles. The molecular weight excluding hydrogens is 328 g/mol. The molecule has 2 amide bonds. The molecule has 3 rings (SSSR count). The molecule has 0 saturated heterocycles. The highest BCUT2D eigenvalue weighted by atomic mass is 16.2. The van der Waals surface area contributed by atoms with Crippen LogP contribution < -0.4 is 10.6 Å². The van der Waals surface area contributed by atoms with E-state index in [0.717, 1.165) is 31.2 Å². The van der Waals surface area contributed by atoms with E-state index in [9.17, 15) is 9.59 Å². The van der Waals surface area contributed by atoms with Gasteiger partial charge in [0.25, 0.3) is 11.8 Å². The normalized spacial score (nSPS) is 15.1. The summed E-state index contributed by atoms with van der Waals surface area (Å²) in [6.07, 6.45) is 11.7. The van der Waals surface area contributed by atoms with Crippen LogP contribution in [0.25, 0.3) is 0 Å². The molecular formula is C20H24N4O2. The summed E-state index contributed by atoms with van der Waals surface area (Å²) < 4.78 is 0. The molecule has 6 nitrogen and oxygen atoms in total. The molecule has 0 bridgehead atoms. The van der Waals surface area contributed by atoms with Crippen molar-refractivity contribution in [1.82, 2.24) is 20.6 Å². The van der Waals surface area contributed by atoms with Crippen molar-refractivity contribution in [2.75, 3.05) is 0 Å². The molecule has 1 fully saturated rings. The van der Waals surface area contributed by atoms with Crippen LogP contribution in [0.3, 0.4) is 0 Å².